The van der Waals surface area contributed by atoms with Crippen molar-refractivity contribution < 1.29 is 28.6 Å². The van der Waals surface area contributed by atoms with Crippen LogP contribution >= 0.6 is 0 Å². The van der Waals surface area contributed by atoms with Crippen LogP contribution in [0.4, 0.5) is 0 Å². The van der Waals surface area contributed by atoms with Gasteiger partial charge in [-0.15, -0.1) is 0 Å². The number of hydrogen-bond donors (Lipinski definition) is 0. The predicted molar refractivity (Wildman–Crippen MR) is 330 cm³/mol. The van der Waals surface area contributed by atoms with Gasteiger partial charge in [0.2, 0.25) is 0 Å². The minimum Gasteiger partial charge on any atom is -0.462 e. The Hall–Kier alpha value is -2.37. The van der Waals surface area contributed by atoms with Crippen LogP contribution in [-0.4, -0.2) is 37.2 Å². The lowest BCUT2D eigenvalue weighted by molar-refractivity contribution is -0.167. The fraction of sp³-hybridized carbons (Fsp3) is 0.871. The van der Waals surface area contributed by atoms with Gasteiger partial charge in [0.15, 0.2) is 6.10 Å². The monoisotopic (exact) mass is 1070 g/mol. The molecule has 6 nitrogen and oxygen atoms in total. The van der Waals surface area contributed by atoms with Gasteiger partial charge in [0, 0.05) is 19.3 Å². The van der Waals surface area contributed by atoms with Gasteiger partial charge in [-0.05, 0) is 77.0 Å². The van der Waals surface area contributed by atoms with Crippen molar-refractivity contribution in [3.8, 4) is 0 Å². The van der Waals surface area contributed by atoms with Gasteiger partial charge in [-0.25, -0.2) is 0 Å². The van der Waals surface area contributed by atoms with Crippen molar-refractivity contribution in [3.63, 3.8) is 0 Å². The van der Waals surface area contributed by atoms with E-state index in [9.17, 15) is 14.4 Å². The van der Waals surface area contributed by atoms with Crippen molar-refractivity contribution >= 4 is 17.9 Å². The Bertz CT molecular complexity index is 1270. The van der Waals surface area contributed by atoms with Crippen LogP contribution in [0.3, 0.4) is 0 Å². The molecule has 0 N–H and O–H groups in total. The molecule has 0 aliphatic rings. The quantitative estimate of drug-likeness (QED) is 0.0261. The number of carbonyl (C=O) groups excluding carboxylic acids is 3. The third kappa shape index (κ3) is 62.5. The molecule has 0 saturated carbocycles. The van der Waals surface area contributed by atoms with Crippen LogP contribution in [0.2, 0.25) is 0 Å². The number of rotatable bonds is 63. The predicted octanol–water partition coefficient (Wildman–Crippen LogP) is 23.2. The molecular formula is C70H130O6. The van der Waals surface area contributed by atoms with E-state index in [2.05, 4.69) is 57.2 Å². The summed E-state index contributed by atoms with van der Waals surface area (Å²) in [6.45, 7) is 6.68. The molecule has 0 aliphatic carbocycles. The molecule has 0 saturated heterocycles. The van der Waals surface area contributed by atoms with Crippen LogP contribution in [0.1, 0.15) is 374 Å². The van der Waals surface area contributed by atoms with Gasteiger partial charge in [0.05, 0.1) is 0 Å². The number of unbranched alkanes of at least 4 members (excludes halogenated alkanes) is 46. The Morgan fingerprint density at radius 3 is 0.750 bits per heavy atom. The van der Waals surface area contributed by atoms with E-state index < -0.39 is 6.10 Å². The molecule has 0 heterocycles. The summed E-state index contributed by atoms with van der Waals surface area (Å²) in [5.41, 5.74) is 0. The summed E-state index contributed by atoms with van der Waals surface area (Å²) >= 11 is 0. The Morgan fingerprint density at radius 1 is 0.263 bits per heavy atom. The molecule has 6 heteroatoms. The highest BCUT2D eigenvalue weighted by atomic mass is 16.6. The summed E-state index contributed by atoms with van der Waals surface area (Å²) in [6.07, 6.45) is 80.1. The number of carbonyl (C=O) groups is 3. The molecule has 0 bridgehead atoms. The van der Waals surface area contributed by atoms with Gasteiger partial charge < -0.3 is 14.2 Å². The first-order valence-electron chi connectivity index (χ1n) is 34.0. The summed E-state index contributed by atoms with van der Waals surface area (Å²) in [5.74, 6) is -0.862. The third-order valence-corrected chi connectivity index (χ3v) is 15.4. The van der Waals surface area contributed by atoms with Gasteiger partial charge in [0.25, 0.3) is 0 Å². The first kappa shape index (κ1) is 73.6. The molecule has 1 atom stereocenters. The molecule has 0 aromatic rings. The highest BCUT2D eigenvalue weighted by Gasteiger charge is 2.19. The highest BCUT2D eigenvalue weighted by molar-refractivity contribution is 5.71. The normalized spacial score (nSPS) is 12.2. The van der Waals surface area contributed by atoms with Crippen molar-refractivity contribution in [1.82, 2.24) is 0 Å². The number of esters is 3. The van der Waals surface area contributed by atoms with Crippen LogP contribution in [0.15, 0.2) is 36.5 Å². The molecule has 0 radical (unpaired) electrons. The second kappa shape index (κ2) is 65.2. The minimum atomic E-state index is -0.777. The second-order valence-corrected chi connectivity index (χ2v) is 23.1. The maximum absolute atomic E-state index is 12.9. The van der Waals surface area contributed by atoms with Crippen LogP contribution in [0, 0.1) is 0 Å². The topological polar surface area (TPSA) is 78.9 Å². The van der Waals surface area contributed by atoms with Crippen LogP contribution in [-0.2, 0) is 28.6 Å². The van der Waals surface area contributed by atoms with E-state index in [0.29, 0.717) is 19.3 Å². The molecule has 0 rings (SSSR count). The highest BCUT2D eigenvalue weighted by Crippen LogP contribution is 2.18. The molecular weight excluding hydrogens is 937 g/mol. The van der Waals surface area contributed by atoms with E-state index in [-0.39, 0.29) is 31.1 Å². The van der Waals surface area contributed by atoms with E-state index in [1.807, 2.05) is 0 Å². The van der Waals surface area contributed by atoms with E-state index >= 15 is 0 Å². The molecule has 0 aliphatic heterocycles. The first-order valence-corrected chi connectivity index (χ1v) is 34.0. The molecule has 0 amide bonds. The average molecular weight is 1070 g/mol. The molecule has 0 aromatic carbocycles. The summed E-state index contributed by atoms with van der Waals surface area (Å²) < 4.78 is 17.0. The first-order chi connectivity index (χ1) is 37.5. The lowest BCUT2D eigenvalue weighted by Gasteiger charge is -2.18. The zero-order chi connectivity index (χ0) is 55.0. The summed E-state index contributed by atoms with van der Waals surface area (Å²) in [5, 5.41) is 0. The van der Waals surface area contributed by atoms with E-state index in [0.717, 1.165) is 77.0 Å². The number of ether oxygens (including phenoxy) is 3. The number of hydrogen-bond acceptors (Lipinski definition) is 6. The summed E-state index contributed by atoms with van der Waals surface area (Å²) in [6, 6.07) is 0. The van der Waals surface area contributed by atoms with Crippen molar-refractivity contribution in [2.24, 2.45) is 0 Å². The van der Waals surface area contributed by atoms with Crippen LogP contribution in [0.5, 0.6) is 0 Å². The van der Waals surface area contributed by atoms with E-state index in [4.69, 9.17) is 14.2 Å². The summed E-state index contributed by atoms with van der Waals surface area (Å²) in [7, 11) is 0. The zero-order valence-electron chi connectivity index (χ0n) is 51.3. The van der Waals surface area contributed by atoms with E-state index in [1.54, 1.807) is 0 Å². The van der Waals surface area contributed by atoms with Gasteiger partial charge in [-0.2, -0.15) is 0 Å². The second-order valence-electron chi connectivity index (χ2n) is 23.1. The maximum atomic E-state index is 12.9. The Balaban J connectivity index is 4.32. The van der Waals surface area contributed by atoms with Crippen molar-refractivity contribution in [3.05, 3.63) is 36.5 Å². The zero-order valence-corrected chi connectivity index (χ0v) is 51.3. The maximum Gasteiger partial charge on any atom is 0.306 e. The van der Waals surface area contributed by atoms with Gasteiger partial charge in [-0.1, -0.05) is 314 Å². The Morgan fingerprint density at radius 2 is 0.474 bits per heavy atom. The standard InChI is InChI=1S/C70H130O6/c1-4-7-10-13-16-19-22-25-28-31-33-35-37-39-42-45-48-51-54-57-60-63-69(72)75-66-67(65-74-68(71)62-59-56-53-50-47-44-41-30-27-24-21-18-15-12-9-6-3)76-70(73)64-61-58-55-52-49-46-43-40-38-36-34-32-29-26-23-20-17-14-11-8-5-2/h21,24,30-31,33,41,67H,4-20,22-23,25-29,32,34-40,42-66H2,1-3H3/b24-21-,33-31-,41-30-. The van der Waals surface area contributed by atoms with E-state index in [1.165, 1.54) is 257 Å². The third-order valence-electron chi connectivity index (χ3n) is 15.4. The molecule has 0 fully saturated rings. The largest absolute Gasteiger partial charge is 0.462 e. The fourth-order valence-corrected chi connectivity index (χ4v) is 10.2. The van der Waals surface area contributed by atoms with Gasteiger partial charge in [0.1, 0.15) is 13.2 Å². The Kier molecular flexibility index (Phi) is 63.1. The molecule has 446 valence electrons. The molecule has 1 unspecified atom stereocenters. The fourth-order valence-electron chi connectivity index (χ4n) is 10.2. The van der Waals surface area contributed by atoms with Crippen LogP contribution < -0.4 is 0 Å². The van der Waals surface area contributed by atoms with Crippen molar-refractivity contribution in [2.45, 2.75) is 380 Å². The molecule has 0 aromatic heterocycles. The average Bonchev–Trinajstić information content (AvgIpc) is 3.42. The lowest BCUT2D eigenvalue weighted by atomic mass is 10.0. The molecule has 0 spiro atoms. The van der Waals surface area contributed by atoms with Gasteiger partial charge in [-0.3, -0.25) is 14.4 Å². The summed E-state index contributed by atoms with van der Waals surface area (Å²) in [4.78, 5) is 38.4. The molecule has 76 heavy (non-hydrogen) atoms. The minimum absolute atomic E-state index is 0.0734. The lowest BCUT2D eigenvalue weighted by Crippen LogP contribution is -2.30. The van der Waals surface area contributed by atoms with Gasteiger partial charge >= 0.3 is 17.9 Å². The smallest absolute Gasteiger partial charge is 0.306 e. The van der Waals surface area contributed by atoms with Crippen molar-refractivity contribution in [1.29, 1.82) is 0 Å². The Labute approximate surface area is 474 Å². The van der Waals surface area contributed by atoms with Crippen molar-refractivity contribution in [2.75, 3.05) is 13.2 Å². The SMILES string of the molecule is CCCCCC/C=C\C/C=C\CCCCCCCC(=O)OCC(COC(=O)CCCCCCCCCCC/C=C\CCCCCCCCCC)OC(=O)CCCCCCCCCCCCCCCCCCCCCCC. The number of allylic oxidation sites excluding steroid dienone is 6. The van der Waals surface area contributed by atoms with Crippen LogP contribution in [0.25, 0.3) is 0 Å².